The van der Waals surface area contributed by atoms with Gasteiger partial charge < -0.3 is 5.32 Å². The number of carbonyl (C=O) groups is 1. The zero-order valence-electron chi connectivity index (χ0n) is 16.0. The average Bonchev–Trinajstić information content (AvgIpc) is 3.23. The Kier molecular flexibility index (Phi) is 6.36. The van der Waals surface area contributed by atoms with Crippen molar-refractivity contribution in [2.45, 2.75) is 11.3 Å². The molecule has 1 N–H and O–H groups in total. The van der Waals surface area contributed by atoms with Gasteiger partial charge in [0.2, 0.25) is 10.0 Å². The van der Waals surface area contributed by atoms with E-state index in [1.807, 2.05) is 36.5 Å². The van der Waals surface area contributed by atoms with E-state index in [-0.39, 0.29) is 15.5 Å². The second-order valence-electron chi connectivity index (χ2n) is 6.55. The Morgan fingerprint density at radius 1 is 1.17 bits per heavy atom. The van der Waals surface area contributed by atoms with E-state index < -0.39 is 15.9 Å². The lowest BCUT2D eigenvalue weighted by molar-refractivity contribution is 0.0954. The minimum atomic E-state index is -3.65. The van der Waals surface area contributed by atoms with E-state index in [1.54, 1.807) is 10.9 Å². The van der Waals surface area contributed by atoms with Crippen LogP contribution >= 0.6 is 11.6 Å². The molecule has 29 heavy (non-hydrogen) atoms. The quantitative estimate of drug-likeness (QED) is 0.622. The molecule has 0 atom stereocenters. The van der Waals surface area contributed by atoms with Crippen LogP contribution in [0.2, 0.25) is 5.02 Å². The summed E-state index contributed by atoms with van der Waals surface area (Å²) in [4.78, 5) is 12.5. The summed E-state index contributed by atoms with van der Waals surface area (Å²) in [5.41, 5.74) is 2.13. The Hall–Kier alpha value is -2.68. The molecule has 3 aromatic rings. The van der Waals surface area contributed by atoms with E-state index in [0.29, 0.717) is 13.0 Å². The van der Waals surface area contributed by atoms with Crippen LogP contribution in [-0.2, 0) is 16.4 Å². The third-order valence-corrected chi connectivity index (χ3v) is 6.51. The second-order valence-corrected chi connectivity index (χ2v) is 9.11. The molecule has 0 saturated carbocycles. The Morgan fingerprint density at radius 3 is 2.52 bits per heavy atom. The van der Waals surface area contributed by atoms with Crippen molar-refractivity contribution in [3.05, 3.63) is 77.1 Å². The molecule has 1 heterocycles. The molecule has 0 aliphatic rings. The fraction of sp³-hybridized carbons (Fsp3) is 0.200. The number of nitrogens with one attached hydrogen (secondary N) is 1. The summed E-state index contributed by atoms with van der Waals surface area (Å²) in [6.07, 6.45) is 4.20. The molecule has 0 aliphatic heterocycles. The highest BCUT2D eigenvalue weighted by Crippen LogP contribution is 2.22. The summed E-state index contributed by atoms with van der Waals surface area (Å²) in [6.45, 7) is 0.390. The van der Waals surface area contributed by atoms with Crippen molar-refractivity contribution in [2.24, 2.45) is 0 Å². The lowest BCUT2D eigenvalue weighted by atomic mass is 10.1. The van der Waals surface area contributed by atoms with Crippen molar-refractivity contribution in [2.75, 3.05) is 20.6 Å². The van der Waals surface area contributed by atoms with Gasteiger partial charge in [-0.05, 0) is 48.4 Å². The van der Waals surface area contributed by atoms with Crippen molar-refractivity contribution < 1.29 is 13.2 Å². The highest BCUT2D eigenvalue weighted by molar-refractivity contribution is 7.89. The molecular formula is C20H21ClN4O3S. The van der Waals surface area contributed by atoms with Gasteiger partial charge in [0, 0.05) is 33.0 Å². The lowest BCUT2D eigenvalue weighted by Crippen LogP contribution is -2.27. The number of nitrogens with zero attached hydrogens (tertiary/aromatic N) is 3. The SMILES string of the molecule is CN(C)S(=O)(=O)c1ccc(Cl)c(C(=O)NCCc2ccc(-n3cccn3)cc2)c1. The van der Waals surface area contributed by atoms with E-state index in [1.165, 1.54) is 32.3 Å². The maximum atomic E-state index is 12.5. The van der Waals surface area contributed by atoms with Crippen LogP contribution in [0, 0.1) is 0 Å². The maximum absolute atomic E-state index is 12.5. The van der Waals surface area contributed by atoms with Crippen LogP contribution < -0.4 is 5.32 Å². The summed E-state index contributed by atoms with van der Waals surface area (Å²) in [7, 11) is -0.785. The Balaban J connectivity index is 1.64. The fourth-order valence-corrected chi connectivity index (χ4v) is 3.83. The van der Waals surface area contributed by atoms with Crippen molar-refractivity contribution in [1.82, 2.24) is 19.4 Å². The summed E-state index contributed by atoms with van der Waals surface area (Å²) >= 11 is 6.11. The molecule has 2 aromatic carbocycles. The number of amides is 1. The predicted molar refractivity (Wildman–Crippen MR) is 112 cm³/mol. The Bertz CT molecular complexity index is 1100. The molecule has 0 radical (unpaired) electrons. The summed E-state index contributed by atoms with van der Waals surface area (Å²) in [5.74, 6) is -0.418. The normalized spacial score (nSPS) is 11.6. The second kappa shape index (κ2) is 8.77. The largest absolute Gasteiger partial charge is 0.352 e. The van der Waals surface area contributed by atoms with Crippen LogP contribution in [0.3, 0.4) is 0 Å². The van der Waals surface area contributed by atoms with Crippen LogP contribution in [0.15, 0.2) is 65.8 Å². The molecule has 9 heteroatoms. The van der Waals surface area contributed by atoms with Crippen LogP contribution in [0.25, 0.3) is 5.69 Å². The van der Waals surface area contributed by atoms with E-state index >= 15 is 0 Å². The molecular weight excluding hydrogens is 412 g/mol. The average molecular weight is 433 g/mol. The van der Waals surface area contributed by atoms with Gasteiger partial charge in [-0.1, -0.05) is 23.7 Å². The third kappa shape index (κ3) is 4.84. The number of benzene rings is 2. The van der Waals surface area contributed by atoms with Gasteiger partial charge in [-0.2, -0.15) is 5.10 Å². The third-order valence-electron chi connectivity index (χ3n) is 4.37. The molecule has 3 rings (SSSR count). The molecule has 0 spiro atoms. The van der Waals surface area contributed by atoms with Gasteiger partial charge in [0.05, 0.1) is 21.2 Å². The van der Waals surface area contributed by atoms with Gasteiger partial charge in [0.25, 0.3) is 5.91 Å². The van der Waals surface area contributed by atoms with Gasteiger partial charge in [-0.3, -0.25) is 4.79 Å². The number of halogens is 1. The van der Waals surface area contributed by atoms with Crippen molar-refractivity contribution in [1.29, 1.82) is 0 Å². The molecule has 0 unspecified atom stereocenters. The number of carbonyl (C=O) groups excluding carboxylic acids is 1. The Morgan fingerprint density at radius 2 is 1.90 bits per heavy atom. The van der Waals surface area contributed by atoms with E-state index in [0.717, 1.165) is 15.6 Å². The van der Waals surface area contributed by atoms with Gasteiger partial charge in [0.1, 0.15) is 0 Å². The summed E-state index contributed by atoms with van der Waals surface area (Å²) in [5, 5.41) is 7.17. The molecule has 7 nitrogen and oxygen atoms in total. The minimum absolute atomic E-state index is 0.0197. The first-order chi connectivity index (χ1) is 13.8. The molecule has 152 valence electrons. The molecule has 0 fully saturated rings. The number of sulfonamides is 1. The first-order valence-corrected chi connectivity index (χ1v) is 10.7. The van der Waals surface area contributed by atoms with Crippen molar-refractivity contribution >= 4 is 27.5 Å². The van der Waals surface area contributed by atoms with Gasteiger partial charge in [-0.25, -0.2) is 17.4 Å². The molecule has 0 saturated heterocycles. The Labute approximate surface area is 175 Å². The zero-order chi connectivity index (χ0) is 21.0. The van der Waals surface area contributed by atoms with Crippen molar-refractivity contribution in [3.63, 3.8) is 0 Å². The lowest BCUT2D eigenvalue weighted by Gasteiger charge is -2.13. The zero-order valence-corrected chi connectivity index (χ0v) is 17.6. The molecule has 1 amide bonds. The van der Waals surface area contributed by atoms with E-state index in [4.69, 9.17) is 11.6 Å². The predicted octanol–water partition coefficient (Wildman–Crippen LogP) is 2.75. The van der Waals surface area contributed by atoms with E-state index in [9.17, 15) is 13.2 Å². The van der Waals surface area contributed by atoms with Crippen LogP contribution in [0.4, 0.5) is 0 Å². The monoisotopic (exact) mass is 432 g/mol. The first-order valence-electron chi connectivity index (χ1n) is 8.88. The van der Waals surface area contributed by atoms with E-state index in [2.05, 4.69) is 10.4 Å². The number of aromatic nitrogens is 2. The van der Waals surface area contributed by atoms with Gasteiger partial charge in [0.15, 0.2) is 0 Å². The summed E-state index contributed by atoms with van der Waals surface area (Å²) < 4.78 is 27.4. The highest BCUT2D eigenvalue weighted by Gasteiger charge is 2.20. The van der Waals surface area contributed by atoms with Gasteiger partial charge in [-0.15, -0.1) is 0 Å². The van der Waals surface area contributed by atoms with Crippen LogP contribution in [0.5, 0.6) is 0 Å². The van der Waals surface area contributed by atoms with Crippen LogP contribution in [-0.4, -0.2) is 49.1 Å². The number of hydrogen-bond acceptors (Lipinski definition) is 4. The minimum Gasteiger partial charge on any atom is -0.352 e. The van der Waals surface area contributed by atoms with Crippen LogP contribution in [0.1, 0.15) is 15.9 Å². The number of hydrogen-bond donors (Lipinski definition) is 1. The van der Waals surface area contributed by atoms with Gasteiger partial charge >= 0.3 is 0 Å². The molecule has 0 aliphatic carbocycles. The maximum Gasteiger partial charge on any atom is 0.252 e. The van der Waals surface area contributed by atoms with Crippen molar-refractivity contribution in [3.8, 4) is 5.69 Å². The highest BCUT2D eigenvalue weighted by atomic mass is 35.5. The summed E-state index contributed by atoms with van der Waals surface area (Å²) in [6, 6.07) is 13.8. The fourth-order valence-electron chi connectivity index (χ4n) is 2.70. The standard InChI is InChI=1S/C20H21ClN4O3S/c1-24(2)29(27,28)17-8-9-19(21)18(14-17)20(26)22-12-10-15-4-6-16(7-5-15)25-13-3-11-23-25/h3-9,11,13-14H,10,12H2,1-2H3,(H,22,26). The first kappa shape index (κ1) is 21.0. The topological polar surface area (TPSA) is 84.3 Å². The molecule has 1 aromatic heterocycles. The molecule has 0 bridgehead atoms. The number of rotatable bonds is 7. The smallest absolute Gasteiger partial charge is 0.252 e.